The van der Waals surface area contributed by atoms with Gasteiger partial charge in [0.2, 0.25) is 0 Å². The van der Waals surface area contributed by atoms with Crippen LogP contribution in [0.1, 0.15) is 28.4 Å². The van der Waals surface area contributed by atoms with Crippen LogP contribution in [-0.4, -0.2) is 46.3 Å². The van der Waals surface area contributed by atoms with Crippen molar-refractivity contribution in [3.63, 3.8) is 0 Å². The number of rotatable bonds is 3. The second kappa shape index (κ2) is 6.83. The van der Waals surface area contributed by atoms with E-state index in [1.54, 1.807) is 6.07 Å². The molecule has 26 heavy (non-hydrogen) atoms. The number of halogens is 1. The van der Waals surface area contributed by atoms with E-state index in [9.17, 15) is 15.3 Å². The molecule has 0 saturated carbocycles. The Bertz CT molecular complexity index is 807. The zero-order valence-electron chi connectivity index (χ0n) is 14.3. The van der Waals surface area contributed by atoms with E-state index in [0.29, 0.717) is 17.2 Å². The minimum absolute atomic E-state index is 0.374. The van der Waals surface area contributed by atoms with Crippen molar-refractivity contribution in [1.29, 1.82) is 0 Å². The number of aliphatic hydroxyl groups excluding tert-OH is 3. The predicted octanol–water partition coefficient (Wildman–Crippen LogP) is 2.15. The van der Waals surface area contributed by atoms with Crippen molar-refractivity contribution in [3.8, 4) is 5.75 Å². The number of fused-ring (bicyclic) bond motifs is 3. The smallest absolute Gasteiger partial charge is 0.157 e. The number of ether oxygens (including phenoxy) is 2. The van der Waals surface area contributed by atoms with Gasteiger partial charge in [-0.2, -0.15) is 0 Å². The van der Waals surface area contributed by atoms with Gasteiger partial charge < -0.3 is 24.8 Å². The lowest BCUT2D eigenvalue weighted by Gasteiger charge is -2.38. The highest BCUT2D eigenvalue weighted by Gasteiger charge is 2.50. The summed E-state index contributed by atoms with van der Waals surface area (Å²) in [7, 11) is 0. The minimum atomic E-state index is -1.20. The van der Waals surface area contributed by atoms with Gasteiger partial charge in [-0.3, -0.25) is 0 Å². The van der Waals surface area contributed by atoms with E-state index in [-0.39, 0.29) is 6.61 Å². The lowest BCUT2D eigenvalue weighted by atomic mass is 9.91. The monoisotopic (exact) mass is 376 g/mol. The van der Waals surface area contributed by atoms with Gasteiger partial charge in [0.05, 0.1) is 6.61 Å². The highest BCUT2D eigenvalue weighted by molar-refractivity contribution is 6.31. The second-order valence-corrected chi connectivity index (χ2v) is 7.39. The predicted molar refractivity (Wildman–Crippen MR) is 96.6 cm³/mol. The van der Waals surface area contributed by atoms with Crippen molar-refractivity contribution in [1.82, 2.24) is 0 Å². The summed E-state index contributed by atoms with van der Waals surface area (Å²) in [5, 5.41) is 30.4. The fourth-order valence-corrected chi connectivity index (χ4v) is 3.84. The zero-order chi connectivity index (χ0) is 18.4. The van der Waals surface area contributed by atoms with Gasteiger partial charge in [0.1, 0.15) is 30.2 Å². The van der Waals surface area contributed by atoms with Gasteiger partial charge >= 0.3 is 0 Å². The van der Waals surface area contributed by atoms with Crippen LogP contribution in [0.3, 0.4) is 0 Å². The SMILES string of the molecule is Cc1ccc(Cc2cc3c(cc2Cl)O[C@H]2[C@@H](O)[C@H](O)[C@@H](CO)O[C@@H]32)cc1. The second-order valence-electron chi connectivity index (χ2n) is 6.99. The van der Waals surface area contributed by atoms with Gasteiger partial charge in [-0.1, -0.05) is 41.4 Å². The molecule has 0 aromatic heterocycles. The van der Waals surface area contributed by atoms with Gasteiger partial charge in [0, 0.05) is 10.6 Å². The number of hydrogen-bond donors (Lipinski definition) is 3. The normalized spacial score (nSPS) is 29.8. The van der Waals surface area contributed by atoms with E-state index in [4.69, 9.17) is 21.1 Å². The van der Waals surface area contributed by atoms with Crippen molar-refractivity contribution < 1.29 is 24.8 Å². The van der Waals surface area contributed by atoms with Crippen LogP contribution in [0.5, 0.6) is 5.75 Å². The number of benzene rings is 2. The third-order valence-corrected chi connectivity index (χ3v) is 5.48. The van der Waals surface area contributed by atoms with Crippen LogP contribution >= 0.6 is 11.6 Å². The Labute approximate surface area is 156 Å². The van der Waals surface area contributed by atoms with E-state index < -0.39 is 30.5 Å². The Kier molecular flexibility index (Phi) is 4.67. The van der Waals surface area contributed by atoms with E-state index in [1.165, 1.54) is 5.56 Å². The maximum absolute atomic E-state index is 10.3. The first kappa shape index (κ1) is 17.8. The van der Waals surface area contributed by atoms with Gasteiger partial charge in [-0.25, -0.2) is 0 Å². The molecule has 2 aliphatic rings. The van der Waals surface area contributed by atoms with Crippen molar-refractivity contribution >= 4 is 11.6 Å². The molecule has 3 N–H and O–H groups in total. The molecule has 6 heteroatoms. The lowest BCUT2D eigenvalue weighted by Crippen LogP contribution is -2.55. The first-order valence-electron chi connectivity index (χ1n) is 8.65. The number of aryl methyl sites for hydroxylation is 1. The molecule has 1 saturated heterocycles. The number of aliphatic hydroxyl groups is 3. The fraction of sp³-hybridized carbons (Fsp3) is 0.400. The lowest BCUT2D eigenvalue weighted by molar-refractivity contribution is -0.215. The summed E-state index contributed by atoms with van der Waals surface area (Å²) in [5.41, 5.74) is 4.05. The van der Waals surface area contributed by atoms with Crippen molar-refractivity contribution in [2.45, 2.75) is 43.9 Å². The third-order valence-electron chi connectivity index (χ3n) is 5.13. The molecule has 4 rings (SSSR count). The first-order valence-corrected chi connectivity index (χ1v) is 9.02. The maximum Gasteiger partial charge on any atom is 0.157 e. The van der Waals surface area contributed by atoms with Crippen LogP contribution in [0.15, 0.2) is 36.4 Å². The van der Waals surface area contributed by atoms with Gasteiger partial charge in [0.15, 0.2) is 6.10 Å². The molecule has 2 aliphatic heterocycles. The van der Waals surface area contributed by atoms with Gasteiger partial charge in [0.25, 0.3) is 0 Å². The van der Waals surface area contributed by atoms with Crippen LogP contribution in [-0.2, 0) is 11.2 Å². The molecule has 2 heterocycles. The maximum atomic E-state index is 10.3. The molecular formula is C20H21ClO5. The Morgan fingerprint density at radius 1 is 1.08 bits per heavy atom. The minimum Gasteiger partial charge on any atom is -0.484 e. The number of hydrogen-bond acceptors (Lipinski definition) is 5. The van der Waals surface area contributed by atoms with Crippen LogP contribution in [0.25, 0.3) is 0 Å². The molecule has 0 radical (unpaired) electrons. The molecule has 2 aromatic carbocycles. The summed E-state index contributed by atoms with van der Waals surface area (Å²) < 4.78 is 11.6. The first-order chi connectivity index (χ1) is 12.5. The fourth-order valence-electron chi connectivity index (χ4n) is 3.62. The van der Waals surface area contributed by atoms with E-state index in [2.05, 4.69) is 24.3 Å². The molecular weight excluding hydrogens is 356 g/mol. The van der Waals surface area contributed by atoms with Crippen LogP contribution in [0, 0.1) is 6.92 Å². The highest BCUT2D eigenvalue weighted by atomic mass is 35.5. The van der Waals surface area contributed by atoms with Gasteiger partial charge in [-0.05, 0) is 36.6 Å². The van der Waals surface area contributed by atoms with Gasteiger partial charge in [-0.15, -0.1) is 0 Å². The summed E-state index contributed by atoms with van der Waals surface area (Å²) in [5.74, 6) is 0.544. The summed E-state index contributed by atoms with van der Waals surface area (Å²) >= 11 is 6.43. The quantitative estimate of drug-likeness (QED) is 0.765. The van der Waals surface area contributed by atoms with E-state index >= 15 is 0 Å². The molecule has 0 spiro atoms. The molecule has 0 aliphatic carbocycles. The molecule has 0 bridgehead atoms. The Hall–Kier alpha value is -1.63. The van der Waals surface area contributed by atoms with E-state index in [0.717, 1.165) is 16.7 Å². The van der Waals surface area contributed by atoms with Crippen LogP contribution < -0.4 is 4.74 Å². The molecule has 2 aromatic rings. The summed E-state index contributed by atoms with van der Waals surface area (Å²) in [4.78, 5) is 0. The molecule has 0 amide bonds. The molecule has 1 fully saturated rings. The van der Waals surface area contributed by atoms with Crippen LogP contribution in [0.2, 0.25) is 5.02 Å². The van der Waals surface area contributed by atoms with Crippen molar-refractivity contribution in [3.05, 3.63) is 63.7 Å². The average molecular weight is 377 g/mol. The summed E-state index contributed by atoms with van der Waals surface area (Å²) in [6.07, 6.45) is -3.78. The average Bonchev–Trinajstić information content (AvgIpc) is 2.97. The third kappa shape index (κ3) is 3.00. The topological polar surface area (TPSA) is 79.2 Å². The standard InChI is InChI=1S/C20H21ClO5/c1-10-2-4-11(5-3-10)6-12-7-13-15(8-14(12)21)25-20-18(24)17(23)16(9-22)26-19(13)20/h2-5,7-8,16-20,22-24H,6,9H2,1H3/t16-,17-,18+,19+,20+/m1/s1. The summed E-state index contributed by atoms with van der Waals surface area (Å²) in [6, 6.07) is 11.9. The highest BCUT2D eigenvalue weighted by Crippen LogP contribution is 2.46. The Morgan fingerprint density at radius 2 is 1.81 bits per heavy atom. The Balaban J connectivity index is 1.65. The van der Waals surface area contributed by atoms with Crippen molar-refractivity contribution in [2.75, 3.05) is 6.61 Å². The Morgan fingerprint density at radius 3 is 2.50 bits per heavy atom. The molecule has 5 atom stereocenters. The molecule has 5 nitrogen and oxygen atoms in total. The van der Waals surface area contributed by atoms with Crippen molar-refractivity contribution in [2.24, 2.45) is 0 Å². The zero-order valence-corrected chi connectivity index (χ0v) is 15.1. The summed E-state index contributed by atoms with van der Waals surface area (Å²) in [6.45, 7) is 1.67. The molecule has 0 unspecified atom stereocenters. The van der Waals surface area contributed by atoms with Crippen LogP contribution in [0.4, 0.5) is 0 Å². The van der Waals surface area contributed by atoms with E-state index in [1.807, 2.05) is 13.0 Å². The molecule has 138 valence electrons. The largest absolute Gasteiger partial charge is 0.484 e.